The van der Waals surface area contributed by atoms with Crippen molar-refractivity contribution in [3.63, 3.8) is 0 Å². The SMILES string of the molecule is CCNC(=O)OCc1ccc(-c2ccc(NC(=O)[C@H]3CN4CCC3CC4)cc2)cc1. The second kappa shape index (κ2) is 9.30. The molecule has 2 bridgehead atoms. The van der Waals surface area contributed by atoms with Gasteiger partial charge in [-0.25, -0.2) is 4.79 Å². The van der Waals surface area contributed by atoms with E-state index in [0.717, 1.165) is 54.9 Å². The molecule has 3 aliphatic heterocycles. The Kier molecular flexibility index (Phi) is 6.33. The quantitative estimate of drug-likeness (QED) is 0.762. The molecule has 6 nitrogen and oxygen atoms in total. The number of nitrogens with one attached hydrogen (secondary N) is 2. The average molecular weight is 408 g/mol. The number of alkyl carbamates (subject to hydrolysis) is 1. The number of amides is 2. The molecule has 2 aromatic rings. The Morgan fingerprint density at radius 1 is 1.00 bits per heavy atom. The number of piperidine rings is 3. The van der Waals surface area contributed by atoms with E-state index in [0.29, 0.717) is 12.5 Å². The molecule has 158 valence electrons. The molecule has 0 aromatic heterocycles. The maximum Gasteiger partial charge on any atom is 0.407 e. The second-order valence-electron chi connectivity index (χ2n) is 8.11. The van der Waals surface area contributed by atoms with E-state index < -0.39 is 6.09 Å². The lowest BCUT2D eigenvalue weighted by atomic mass is 9.78. The van der Waals surface area contributed by atoms with Crippen molar-refractivity contribution in [3.8, 4) is 11.1 Å². The molecule has 3 aliphatic rings. The average Bonchev–Trinajstić information content (AvgIpc) is 2.79. The van der Waals surface area contributed by atoms with Gasteiger partial charge in [0.05, 0.1) is 5.92 Å². The van der Waals surface area contributed by atoms with Crippen LogP contribution in [0.3, 0.4) is 0 Å². The summed E-state index contributed by atoms with van der Waals surface area (Å²) >= 11 is 0. The van der Waals surface area contributed by atoms with Crippen LogP contribution in [0.4, 0.5) is 10.5 Å². The van der Waals surface area contributed by atoms with E-state index in [2.05, 4.69) is 15.5 Å². The van der Waals surface area contributed by atoms with Crippen LogP contribution in [0, 0.1) is 11.8 Å². The first-order valence-electron chi connectivity index (χ1n) is 10.8. The number of hydrogen-bond acceptors (Lipinski definition) is 4. The molecule has 5 rings (SSSR count). The van der Waals surface area contributed by atoms with Gasteiger partial charge in [-0.05, 0) is 67.6 Å². The molecule has 1 atom stereocenters. The third-order valence-corrected chi connectivity index (χ3v) is 6.12. The van der Waals surface area contributed by atoms with Crippen LogP contribution < -0.4 is 10.6 Å². The summed E-state index contributed by atoms with van der Waals surface area (Å²) in [5, 5.41) is 5.71. The number of rotatable bonds is 6. The normalized spacial score (nSPS) is 22.4. The van der Waals surface area contributed by atoms with Crippen molar-refractivity contribution >= 4 is 17.7 Å². The number of carbonyl (C=O) groups is 2. The van der Waals surface area contributed by atoms with E-state index in [1.54, 1.807) is 0 Å². The Morgan fingerprint density at radius 2 is 1.63 bits per heavy atom. The van der Waals surface area contributed by atoms with E-state index in [1.807, 2.05) is 55.5 Å². The van der Waals surface area contributed by atoms with Crippen LogP contribution >= 0.6 is 0 Å². The van der Waals surface area contributed by atoms with Crippen LogP contribution in [0.5, 0.6) is 0 Å². The number of ether oxygens (including phenoxy) is 1. The lowest BCUT2D eigenvalue weighted by Crippen LogP contribution is -2.51. The smallest absolute Gasteiger partial charge is 0.407 e. The van der Waals surface area contributed by atoms with Gasteiger partial charge in [0.2, 0.25) is 5.91 Å². The third kappa shape index (κ3) is 4.82. The lowest BCUT2D eigenvalue weighted by molar-refractivity contribution is -0.125. The van der Waals surface area contributed by atoms with Crippen LogP contribution in [0.25, 0.3) is 11.1 Å². The molecule has 0 saturated carbocycles. The fourth-order valence-electron chi connectivity index (χ4n) is 4.38. The highest BCUT2D eigenvalue weighted by Crippen LogP contribution is 2.33. The molecular formula is C24H29N3O3. The minimum atomic E-state index is -0.405. The van der Waals surface area contributed by atoms with Crippen molar-refractivity contribution in [2.24, 2.45) is 11.8 Å². The number of carbonyl (C=O) groups excluding carboxylic acids is 2. The Hall–Kier alpha value is -2.86. The largest absolute Gasteiger partial charge is 0.445 e. The summed E-state index contributed by atoms with van der Waals surface area (Å²) in [5.41, 5.74) is 3.93. The van der Waals surface area contributed by atoms with Crippen molar-refractivity contribution in [2.75, 3.05) is 31.5 Å². The summed E-state index contributed by atoms with van der Waals surface area (Å²) in [5.74, 6) is 0.791. The highest BCUT2D eigenvalue weighted by Gasteiger charge is 2.38. The van der Waals surface area contributed by atoms with Gasteiger partial charge in [0, 0.05) is 18.8 Å². The van der Waals surface area contributed by atoms with E-state index in [-0.39, 0.29) is 18.4 Å². The topological polar surface area (TPSA) is 70.7 Å². The molecule has 3 saturated heterocycles. The predicted octanol–water partition coefficient (Wildman–Crippen LogP) is 3.88. The first kappa shape index (κ1) is 20.4. The second-order valence-corrected chi connectivity index (χ2v) is 8.11. The molecule has 2 aromatic carbocycles. The fraction of sp³-hybridized carbons (Fsp3) is 0.417. The summed E-state index contributed by atoms with van der Waals surface area (Å²) in [6, 6.07) is 15.9. The Labute approximate surface area is 177 Å². The van der Waals surface area contributed by atoms with Crippen molar-refractivity contribution in [1.82, 2.24) is 10.2 Å². The van der Waals surface area contributed by atoms with Crippen LogP contribution in [0.2, 0.25) is 0 Å². The predicted molar refractivity (Wildman–Crippen MR) is 117 cm³/mol. The monoisotopic (exact) mass is 407 g/mol. The summed E-state index contributed by atoms with van der Waals surface area (Å²) < 4.78 is 5.14. The van der Waals surface area contributed by atoms with Crippen molar-refractivity contribution in [3.05, 3.63) is 54.1 Å². The maximum absolute atomic E-state index is 12.7. The van der Waals surface area contributed by atoms with E-state index in [1.165, 1.54) is 0 Å². The number of benzene rings is 2. The van der Waals surface area contributed by atoms with Crippen LogP contribution in [0.1, 0.15) is 25.3 Å². The minimum absolute atomic E-state index is 0.112. The van der Waals surface area contributed by atoms with Crippen molar-refractivity contribution in [1.29, 1.82) is 0 Å². The van der Waals surface area contributed by atoms with Crippen LogP contribution in [-0.4, -0.2) is 43.1 Å². The molecule has 0 aliphatic carbocycles. The molecular weight excluding hydrogens is 378 g/mol. The highest BCUT2D eigenvalue weighted by atomic mass is 16.5. The molecule has 0 unspecified atom stereocenters. The summed E-state index contributed by atoms with van der Waals surface area (Å²) in [7, 11) is 0. The summed E-state index contributed by atoms with van der Waals surface area (Å²) in [6.45, 7) is 5.82. The number of fused-ring (bicyclic) bond motifs is 3. The van der Waals surface area contributed by atoms with Gasteiger partial charge < -0.3 is 20.3 Å². The summed E-state index contributed by atoms with van der Waals surface area (Å²) in [4.78, 5) is 26.5. The maximum atomic E-state index is 12.7. The van der Waals surface area contributed by atoms with Gasteiger partial charge >= 0.3 is 6.09 Å². The molecule has 0 spiro atoms. The molecule has 2 N–H and O–H groups in total. The van der Waals surface area contributed by atoms with E-state index >= 15 is 0 Å². The molecule has 6 heteroatoms. The Bertz CT molecular complexity index is 872. The molecule has 3 heterocycles. The third-order valence-electron chi connectivity index (χ3n) is 6.12. The minimum Gasteiger partial charge on any atom is -0.445 e. The number of anilines is 1. The van der Waals surface area contributed by atoms with Gasteiger partial charge in [-0.1, -0.05) is 36.4 Å². The van der Waals surface area contributed by atoms with Crippen molar-refractivity contribution < 1.29 is 14.3 Å². The Morgan fingerprint density at radius 3 is 2.20 bits per heavy atom. The van der Waals surface area contributed by atoms with Crippen LogP contribution in [-0.2, 0) is 16.1 Å². The Balaban J connectivity index is 1.33. The zero-order chi connectivity index (χ0) is 20.9. The zero-order valence-electron chi connectivity index (χ0n) is 17.4. The standard InChI is InChI=1S/C24H29N3O3/c1-2-25-24(29)30-16-17-3-5-18(6-4-17)19-7-9-21(10-8-19)26-23(28)22-15-27-13-11-20(22)12-14-27/h3-10,20,22H,2,11-16H2,1H3,(H,25,29)(H,26,28)/t22-/m0/s1. The molecule has 30 heavy (non-hydrogen) atoms. The van der Waals surface area contributed by atoms with E-state index in [9.17, 15) is 9.59 Å². The van der Waals surface area contributed by atoms with Crippen LogP contribution in [0.15, 0.2) is 48.5 Å². The number of nitrogens with zero attached hydrogens (tertiary/aromatic N) is 1. The fourth-order valence-corrected chi connectivity index (χ4v) is 4.38. The first-order valence-corrected chi connectivity index (χ1v) is 10.8. The van der Waals surface area contributed by atoms with Gasteiger partial charge in [-0.15, -0.1) is 0 Å². The molecule has 2 amide bonds. The molecule has 0 radical (unpaired) electrons. The van der Waals surface area contributed by atoms with Crippen molar-refractivity contribution in [2.45, 2.75) is 26.4 Å². The lowest BCUT2D eigenvalue weighted by Gasteiger charge is -2.43. The highest BCUT2D eigenvalue weighted by molar-refractivity contribution is 5.93. The molecule has 3 fully saturated rings. The van der Waals surface area contributed by atoms with Gasteiger partial charge in [0.25, 0.3) is 0 Å². The first-order chi connectivity index (χ1) is 14.6. The zero-order valence-corrected chi connectivity index (χ0v) is 17.4. The summed E-state index contributed by atoms with van der Waals surface area (Å²) in [6.07, 6.45) is 1.88. The van der Waals surface area contributed by atoms with Gasteiger partial charge in [-0.3, -0.25) is 4.79 Å². The van der Waals surface area contributed by atoms with Gasteiger partial charge in [0.1, 0.15) is 6.61 Å². The van der Waals surface area contributed by atoms with E-state index in [4.69, 9.17) is 4.74 Å². The van der Waals surface area contributed by atoms with Gasteiger partial charge in [-0.2, -0.15) is 0 Å². The number of hydrogen-bond donors (Lipinski definition) is 2. The van der Waals surface area contributed by atoms with Gasteiger partial charge in [0.15, 0.2) is 0 Å².